The van der Waals surface area contributed by atoms with Gasteiger partial charge in [-0.25, -0.2) is 4.79 Å². The number of rotatable bonds is 18. The summed E-state index contributed by atoms with van der Waals surface area (Å²) < 4.78 is 23.3. The van der Waals surface area contributed by atoms with Crippen LogP contribution in [0.2, 0.25) is 0 Å². The number of hydrogen-bond acceptors (Lipinski definition) is 15. The van der Waals surface area contributed by atoms with Crippen molar-refractivity contribution < 1.29 is 72.0 Å². The molecule has 0 aliphatic carbocycles. The lowest BCUT2D eigenvalue weighted by molar-refractivity contribution is -0.163. The number of likely N-dealkylation sites (N-methyl/N-ethyl adjacent to an activating group) is 2. The summed E-state index contributed by atoms with van der Waals surface area (Å²) in [6.45, 7) is 19.1. The number of nitrogens with zero attached hydrogens (tertiary/aromatic N) is 4. The lowest BCUT2D eigenvalue weighted by atomic mass is 9.91. The minimum absolute atomic E-state index is 0.0861. The molecule has 3 aliphatic rings. The first-order valence-electron chi connectivity index (χ1n) is 30.6. The van der Waals surface area contributed by atoms with Gasteiger partial charge in [0.15, 0.2) is 11.9 Å². The van der Waals surface area contributed by atoms with Gasteiger partial charge in [-0.05, 0) is 106 Å². The van der Waals surface area contributed by atoms with Gasteiger partial charge in [-0.2, -0.15) is 0 Å². The number of carbonyl (C=O) groups excluding carboxylic acids is 10. The number of aliphatic hydroxyl groups excluding tert-OH is 1. The van der Waals surface area contributed by atoms with E-state index in [2.05, 4.69) is 16.0 Å². The first kappa shape index (κ1) is 69.8. The predicted octanol–water partition coefficient (Wildman–Crippen LogP) is 4.54. The maximum Gasteiger partial charge on any atom is 0.329 e. The molecular formula is C64H95N7O15. The smallest absolute Gasteiger partial charge is 0.329 e. The van der Waals surface area contributed by atoms with Crippen molar-refractivity contribution in [2.24, 2.45) is 29.6 Å². The Morgan fingerprint density at radius 1 is 0.814 bits per heavy atom. The molecule has 3 fully saturated rings. The second kappa shape index (κ2) is 32.2. The van der Waals surface area contributed by atoms with Crippen molar-refractivity contribution >= 4 is 59.1 Å². The van der Waals surface area contributed by atoms with Crippen LogP contribution in [-0.2, 0) is 75.2 Å². The lowest BCUT2D eigenvalue weighted by Crippen LogP contribution is -2.62. The Morgan fingerprint density at radius 3 is 2.07 bits per heavy atom. The van der Waals surface area contributed by atoms with Gasteiger partial charge in [0.25, 0.3) is 5.91 Å². The number of esters is 2. The Bertz CT molecular complexity index is 2670. The lowest BCUT2D eigenvalue weighted by Gasteiger charge is -2.36. The number of Topliss-reactive ketones (excluding diaryl/α,β-unsaturated/α-hetero) is 1. The first-order chi connectivity index (χ1) is 40.6. The number of ketones is 1. The second-order valence-corrected chi connectivity index (χ2v) is 24.7. The molecule has 2 aromatic carbocycles. The van der Waals surface area contributed by atoms with E-state index in [9.17, 15) is 38.7 Å². The number of likely N-dealkylation sites (tertiary alicyclic amines) is 1. The quantitative estimate of drug-likeness (QED) is 0.118. The first-order valence-corrected chi connectivity index (χ1v) is 30.6. The van der Waals surface area contributed by atoms with Crippen LogP contribution in [-0.4, -0.2) is 185 Å². The summed E-state index contributed by atoms with van der Waals surface area (Å²) in [5.41, 5.74) is 1.44. The molecule has 3 heterocycles. The van der Waals surface area contributed by atoms with E-state index in [1.807, 2.05) is 58.0 Å². The minimum atomic E-state index is -1.76. The third-order valence-electron chi connectivity index (χ3n) is 16.8. The number of ether oxygens (including phenoxy) is 4. The van der Waals surface area contributed by atoms with E-state index in [0.29, 0.717) is 37.0 Å². The molecule has 0 unspecified atom stereocenters. The average Bonchev–Trinajstić information content (AvgIpc) is 2.79. The van der Waals surface area contributed by atoms with E-state index in [4.69, 9.17) is 18.9 Å². The molecule has 2 aromatic rings. The SMILES string of the molecule is CC[C@H](C)[C@H]1NC(=O)[C@@H](NC(=O)[C@@H](CC(C)C)N(C)C(=O)[C@@H]2CCCN2C(=O)[C@H](C)OCc2ccccc2)[C@H](C)OC(=O)[C@H](Cc2ccc(OC)cc2)N(C)C(=O)[C@@H]2CCCN2C(=O)[C@@H](CC(C)C)NC(=O)[C@@H](C)C(=O)[C@@H](C(C)C)OC(=O)C[C@H]1O. The molecule has 3 aliphatic heterocycles. The zero-order valence-electron chi connectivity index (χ0n) is 52.9. The van der Waals surface area contributed by atoms with Gasteiger partial charge in [-0.15, -0.1) is 0 Å². The zero-order valence-corrected chi connectivity index (χ0v) is 52.9. The third-order valence-corrected chi connectivity index (χ3v) is 16.8. The van der Waals surface area contributed by atoms with Gasteiger partial charge in [-0.3, -0.25) is 43.2 Å². The van der Waals surface area contributed by atoms with Crippen LogP contribution in [0, 0.1) is 29.6 Å². The van der Waals surface area contributed by atoms with Crippen molar-refractivity contribution in [2.45, 2.75) is 207 Å². The van der Waals surface area contributed by atoms with Crippen LogP contribution in [0.3, 0.4) is 0 Å². The highest BCUT2D eigenvalue weighted by Crippen LogP contribution is 2.28. The highest BCUT2D eigenvalue weighted by molar-refractivity contribution is 6.05. The topological polar surface area (TPSA) is 277 Å². The van der Waals surface area contributed by atoms with Gasteiger partial charge >= 0.3 is 11.9 Å². The number of methoxy groups -OCH3 is 1. The molecule has 7 amide bonds. The number of carbonyl (C=O) groups is 10. The molecule has 0 saturated carbocycles. The average molecular weight is 1200 g/mol. The van der Waals surface area contributed by atoms with Crippen molar-refractivity contribution in [3.05, 3.63) is 65.7 Å². The standard InChI is InChI=1S/C64H95N7O15/c1-15-39(8)53-51(72)34-52(73)86-56(38(6)7)55(74)40(9)57(75)65-46(31-36(2)3)61(79)71-30-20-24-48(71)63(81)69(13)50(33-43-25-27-45(83-14)28-26-43)64(82)85-41(10)54(59(77)66-53)67-58(76)49(32-37(4)5)68(12)62(80)47-23-19-29-70(47)60(78)42(11)84-35-44-21-17-16-18-22-44/h16-18,21-22,25-28,36-42,46-51,53-54,56,72H,15,19-20,23-24,29-35H2,1-14H3,(H,65,75)(H,66,77)(H,67,76)/t39-,40-,41-,42-,46+,47-,48-,49+,50-,51+,53+,54-,56+/m0/s1. The summed E-state index contributed by atoms with van der Waals surface area (Å²) in [5, 5.41) is 20.3. The summed E-state index contributed by atoms with van der Waals surface area (Å²) >= 11 is 0. The Morgan fingerprint density at radius 2 is 1.47 bits per heavy atom. The number of fused-ring (bicyclic) bond motifs is 1. The Hall–Kier alpha value is -6.94. The number of nitrogens with one attached hydrogen (secondary N) is 3. The van der Waals surface area contributed by atoms with E-state index < -0.39 is 150 Å². The van der Waals surface area contributed by atoms with Gasteiger partial charge in [0.05, 0.1) is 38.2 Å². The molecule has 0 aromatic heterocycles. The van der Waals surface area contributed by atoms with E-state index in [-0.39, 0.29) is 57.2 Å². The number of hydrogen-bond donors (Lipinski definition) is 4. The Labute approximate surface area is 507 Å². The van der Waals surface area contributed by atoms with Crippen LogP contribution in [0.15, 0.2) is 54.6 Å². The molecule has 22 nitrogen and oxygen atoms in total. The molecule has 476 valence electrons. The number of aliphatic hydroxyl groups is 1. The van der Waals surface area contributed by atoms with Crippen LogP contribution < -0.4 is 20.7 Å². The highest BCUT2D eigenvalue weighted by Gasteiger charge is 2.46. The van der Waals surface area contributed by atoms with Crippen molar-refractivity contribution in [3.8, 4) is 5.75 Å². The number of cyclic esters (lactones) is 2. The van der Waals surface area contributed by atoms with Crippen LogP contribution in [0.4, 0.5) is 0 Å². The van der Waals surface area contributed by atoms with Crippen LogP contribution in [0.5, 0.6) is 5.75 Å². The fourth-order valence-electron chi connectivity index (χ4n) is 11.4. The van der Waals surface area contributed by atoms with E-state index >= 15 is 14.4 Å². The highest BCUT2D eigenvalue weighted by atomic mass is 16.6. The number of benzene rings is 2. The summed E-state index contributed by atoms with van der Waals surface area (Å²) in [4.78, 5) is 151. The normalized spacial score (nSPS) is 26.3. The summed E-state index contributed by atoms with van der Waals surface area (Å²) in [6.07, 6.45) is -4.40. The van der Waals surface area contributed by atoms with Crippen molar-refractivity contribution in [3.63, 3.8) is 0 Å². The van der Waals surface area contributed by atoms with Crippen molar-refractivity contribution in [2.75, 3.05) is 34.3 Å². The van der Waals surface area contributed by atoms with Gasteiger partial charge in [0, 0.05) is 33.6 Å². The second-order valence-electron chi connectivity index (χ2n) is 24.7. The van der Waals surface area contributed by atoms with Gasteiger partial charge in [0.1, 0.15) is 54.2 Å². The summed E-state index contributed by atoms with van der Waals surface area (Å²) in [5.74, 6) is -9.89. The zero-order chi connectivity index (χ0) is 63.9. The van der Waals surface area contributed by atoms with E-state index in [1.54, 1.807) is 58.9 Å². The molecular weight excluding hydrogens is 1110 g/mol. The summed E-state index contributed by atoms with van der Waals surface area (Å²) in [6, 6.07) is 7.26. The van der Waals surface area contributed by atoms with Crippen LogP contribution in [0.1, 0.15) is 139 Å². The predicted molar refractivity (Wildman–Crippen MR) is 319 cm³/mol. The molecule has 0 radical (unpaired) electrons. The fraction of sp³-hybridized carbons (Fsp3) is 0.656. The van der Waals surface area contributed by atoms with E-state index in [1.165, 1.54) is 54.7 Å². The molecule has 5 rings (SSSR count). The molecule has 4 N–H and O–H groups in total. The minimum Gasteiger partial charge on any atom is -0.497 e. The molecule has 22 heteroatoms. The molecule has 3 saturated heterocycles. The third kappa shape index (κ3) is 18.3. The maximum absolute atomic E-state index is 15.2. The van der Waals surface area contributed by atoms with Crippen molar-refractivity contribution in [1.29, 1.82) is 0 Å². The monoisotopic (exact) mass is 1200 g/mol. The Kier molecular flexibility index (Phi) is 26.1. The van der Waals surface area contributed by atoms with Crippen LogP contribution in [0.25, 0.3) is 0 Å². The molecule has 13 atom stereocenters. The largest absolute Gasteiger partial charge is 0.497 e. The molecule has 86 heavy (non-hydrogen) atoms. The van der Waals surface area contributed by atoms with Gasteiger partial charge in [0.2, 0.25) is 35.4 Å². The maximum atomic E-state index is 15.2. The molecule has 0 bridgehead atoms. The van der Waals surface area contributed by atoms with Crippen LogP contribution >= 0.6 is 0 Å². The van der Waals surface area contributed by atoms with Crippen molar-refractivity contribution in [1.82, 2.24) is 35.6 Å². The van der Waals surface area contributed by atoms with Gasteiger partial charge in [-0.1, -0.05) is 104 Å². The van der Waals surface area contributed by atoms with Gasteiger partial charge < -0.3 is 59.6 Å². The summed E-state index contributed by atoms with van der Waals surface area (Å²) in [7, 11) is 4.36. The fourth-order valence-corrected chi connectivity index (χ4v) is 11.4. The number of amides is 7. The van der Waals surface area contributed by atoms with E-state index in [0.717, 1.165) is 5.56 Å². The molecule has 0 spiro atoms. The Balaban J connectivity index is 1.58.